The van der Waals surface area contributed by atoms with Gasteiger partial charge in [0.1, 0.15) is 0 Å². The van der Waals surface area contributed by atoms with E-state index in [-0.39, 0.29) is 18.2 Å². The Morgan fingerprint density at radius 2 is 2.20 bits per heavy atom. The van der Waals surface area contributed by atoms with Crippen LogP contribution in [0.5, 0.6) is 0 Å². The van der Waals surface area contributed by atoms with Gasteiger partial charge >= 0.3 is 5.97 Å². The standard InChI is InChI=1S/C15H20N2O3/c1-11(8-15(19)20)7-14(18)17(13-4-5-13)10-12-3-2-6-16-9-12/h2-3,6,9,11,13H,4-5,7-8,10H2,1H3,(H,19,20). The first kappa shape index (κ1) is 14.5. The Hall–Kier alpha value is -1.91. The highest BCUT2D eigenvalue weighted by molar-refractivity contribution is 5.78. The highest BCUT2D eigenvalue weighted by Gasteiger charge is 2.33. The summed E-state index contributed by atoms with van der Waals surface area (Å²) < 4.78 is 0. The summed E-state index contributed by atoms with van der Waals surface area (Å²) in [6.07, 6.45) is 5.89. The average Bonchev–Trinajstić information content (AvgIpc) is 3.20. The third-order valence-corrected chi connectivity index (χ3v) is 3.43. The molecule has 5 nitrogen and oxygen atoms in total. The smallest absolute Gasteiger partial charge is 0.303 e. The third kappa shape index (κ3) is 4.33. The number of nitrogens with zero attached hydrogens (tertiary/aromatic N) is 2. The number of hydrogen-bond donors (Lipinski definition) is 1. The van der Waals surface area contributed by atoms with Gasteiger partial charge in [-0.15, -0.1) is 0 Å². The summed E-state index contributed by atoms with van der Waals surface area (Å²) in [5, 5.41) is 8.76. The quantitative estimate of drug-likeness (QED) is 0.827. The van der Waals surface area contributed by atoms with Crippen LogP contribution < -0.4 is 0 Å². The van der Waals surface area contributed by atoms with Crippen molar-refractivity contribution < 1.29 is 14.7 Å². The third-order valence-electron chi connectivity index (χ3n) is 3.43. The summed E-state index contributed by atoms with van der Waals surface area (Å²) in [5.41, 5.74) is 1.01. The predicted molar refractivity (Wildman–Crippen MR) is 73.8 cm³/mol. The number of carbonyl (C=O) groups excluding carboxylic acids is 1. The van der Waals surface area contributed by atoms with Crippen LogP contribution in [0.2, 0.25) is 0 Å². The van der Waals surface area contributed by atoms with Crippen LogP contribution in [0.25, 0.3) is 0 Å². The molecule has 1 saturated carbocycles. The molecule has 1 fully saturated rings. The number of carboxylic acids is 1. The Kier molecular flexibility index (Phi) is 4.71. The van der Waals surface area contributed by atoms with Gasteiger partial charge in [0.05, 0.1) is 0 Å². The average molecular weight is 276 g/mol. The van der Waals surface area contributed by atoms with Gasteiger partial charge in [0, 0.05) is 37.8 Å². The highest BCUT2D eigenvalue weighted by Crippen LogP contribution is 2.29. The molecule has 2 rings (SSSR count). The number of carboxylic acid groups (broad SMARTS) is 1. The first-order valence-electron chi connectivity index (χ1n) is 6.96. The van der Waals surface area contributed by atoms with Crippen LogP contribution in [-0.4, -0.2) is 32.9 Å². The second-order valence-electron chi connectivity index (χ2n) is 5.52. The van der Waals surface area contributed by atoms with Gasteiger partial charge in [-0.05, 0) is 30.4 Å². The fourth-order valence-electron chi connectivity index (χ4n) is 2.28. The molecule has 1 aromatic rings. The largest absolute Gasteiger partial charge is 0.481 e. The number of hydrogen-bond acceptors (Lipinski definition) is 3. The van der Waals surface area contributed by atoms with Gasteiger partial charge in [-0.3, -0.25) is 14.6 Å². The zero-order valence-corrected chi connectivity index (χ0v) is 11.7. The molecule has 0 spiro atoms. The minimum atomic E-state index is -0.851. The Labute approximate surface area is 118 Å². The van der Waals surface area contributed by atoms with E-state index >= 15 is 0 Å². The van der Waals surface area contributed by atoms with Gasteiger partial charge in [-0.25, -0.2) is 0 Å². The lowest BCUT2D eigenvalue weighted by molar-refractivity contribution is -0.138. The van der Waals surface area contributed by atoms with Gasteiger partial charge in [0.2, 0.25) is 5.91 Å². The van der Waals surface area contributed by atoms with E-state index in [4.69, 9.17) is 5.11 Å². The first-order chi connectivity index (χ1) is 9.56. The van der Waals surface area contributed by atoms with Crippen LogP contribution in [0.15, 0.2) is 24.5 Å². The fraction of sp³-hybridized carbons (Fsp3) is 0.533. The Bertz CT molecular complexity index is 471. The molecule has 5 heteroatoms. The molecule has 0 saturated heterocycles. The number of aromatic nitrogens is 1. The minimum Gasteiger partial charge on any atom is -0.481 e. The van der Waals surface area contributed by atoms with Crippen LogP contribution in [0.3, 0.4) is 0 Å². The molecular weight excluding hydrogens is 256 g/mol. The fourth-order valence-corrected chi connectivity index (χ4v) is 2.28. The lowest BCUT2D eigenvalue weighted by Gasteiger charge is -2.23. The van der Waals surface area contributed by atoms with E-state index in [2.05, 4.69) is 4.98 Å². The molecule has 1 aliphatic rings. The molecular formula is C15H20N2O3. The maximum atomic E-state index is 12.3. The van der Waals surface area contributed by atoms with Gasteiger partial charge in [-0.1, -0.05) is 13.0 Å². The van der Waals surface area contributed by atoms with Crippen molar-refractivity contribution in [3.05, 3.63) is 30.1 Å². The lowest BCUT2D eigenvalue weighted by Crippen LogP contribution is -2.33. The molecule has 1 N–H and O–H groups in total. The van der Waals surface area contributed by atoms with Crippen molar-refractivity contribution in [2.24, 2.45) is 5.92 Å². The molecule has 1 unspecified atom stereocenters. The number of amides is 1. The zero-order valence-electron chi connectivity index (χ0n) is 11.7. The van der Waals surface area contributed by atoms with E-state index in [0.29, 0.717) is 19.0 Å². The molecule has 0 bridgehead atoms. The maximum Gasteiger partial charge on any atom is 0.303 e. The molecule has 1 amide bonds. The second-order valence-corrected chi connectivity index (χ2v) is 5.52. The molecule has 0 radical (unpaired) electrons. The van der Waals surface area contributed by atoms with Crippen LogP contribution in [-0.2, 0) is 16.1 Å². The summed E-state index contributed by atoms with van der Waals surface area (Å²) in [7, 11) is 0. The Balaban J connectivity index is 1.94. The van der Waals surface area contributed by atoms with E-state index in [1.807, 2.05) is 17.0 Å². The van der Waals surface area contributed by atoms with E-state index in [0.717, 1.165) is 18.4 Å². The van der Waals surface area contributed by atoms with E-state index in [1.165, 1.54) is 0 Å². The number of aliphatic carboxylic acids is 1. The second kappa shape index (κ2) is 6.50. The van der Waals surface area contributed by atoms with E-state index in [9.17, 15) is 9.59 Å². The van der Waals surface area contributed by atoms with Crippen molar-refractivity contribution in [1.29, 1.82) is 0 Å². The summed E-state index contributed by atoms with van der Waals surface area (Å²) >= 11 is 0. The number of carbonyl (C=O) groups is 2. The zero-order chi connectivity index (χ0) is 14.5. The molecule has 1 aliphatic carbocycles. The first-order valence-corrected chi connectivity index (χ1v) is 6.96. The topological polar surface area (TPSA) is 70.5 Å². The normalized spacial score (nSPS) is 15.7. The van der Waals surface area contributed by atoms with E-state index < -0.39 is 5.97 Å². The molecule has 0 aromatic carbocycles. The van der Waals surface area contributed by atoms with Gasteiger partial charge in [0.15, 0.2) is 0 Å². The van der Waals surface area contributed by atoms with Crippen molar-refractivity contribution in [3.63, 3.8) is 0 Å². The number of rotatable bonds is 7. The molecule has 108 valence electrons. The Morgan fingerprint density at radius 1 is 1.45 bits per heavy atom. The molecule has 1 heterocycles. The van der Waals surface area contributed by atoms with Gasteiger partial charge < -0.3 is 10.0 Å². The molecule has 1 aromatic heterocycles. The van der Waals surface area contributed by atoms with Crippen LogP contribution >= 0.6 is 0 Å². The summed E-state index contributed by atoms with van der Waals surface area (Å²) in [5.74, 6) is -0.934. The summed E-state index contributed by atoms with van der Waals surface area (Å²) in [6, 6.07) is 4.13. The SMILES string of the molecule is CC(CC(=O)O)CC(=O)N(Cc1cccnc1)C1CC1. The number of pyridine rings is 1. The highest BCUT2D eigenvalue weighted by atomic mass is 16.4. The monoisotopic (exact) mass is 276 g/mol. The van der Waals surface area contributed by atoms with Crippen LogP contribution in [0.4, 0.5) is 0 Å². The minimum absolute atomic E-state index is 0.0388. The maximum absolute atomic E-state index is 12.3. The van der Waals surface area contributed by atoms with Crippen molar-refractivity contribution in [2.75, 3.05) is 0 Å². The van der Waals surface area contributed by atoms with Crippen LogP contribution in [0.1, 0.15) is 38.2 Å². The molecule has 0 aliphatic heterocycles. The molecule has 1 atom stereocenters. The lowest BCUT2D eigenvalue weighted by atomic mass is 10.0. The molecule has 20 heavy (non-hydrogen) atoms. The Morgan fingerprint density at radius 3 is 2.75 bits per heavy atom. The van der Waals surface area contributed by atoms with Crippen molar-refractivity contribution in [3.8, 4) is 0 Å². The van der Waals surface area contributed by atoms with Gasteiger partial charge in [0.25, 0.3) is 0 Å². The summed E-state index contributed by atoms with van der Waals surface area (Å²) in [4.78, 5) is 28.9. The van der Waals surface area contributed by atoms with Crippen molar-refractivity contribution >= 4 is 11.9 Å². The van der Waals surface area contributed by atoms with Crippen molar-refractivity contribution in [2.45, 2.75) is 45.2 Å². The van der Waals surface area contributed by atoms with Crippen molar-refractivity contribution in [1.82, 2.24) is 9.88 Å². The van der Waals surface area contributed by atoms with E-state index in [1.54, 1.807) is 19.3 Å². The predicted octanol–water partition coefficient (Wildman–Crippen LogP) is 2.07. The van der Waals surface area contributed by atoms with Crippen LogP contribution in [0, 0.1) is 5.92 Å². The summed E-state index contributed by atoms with van der Waals surface area (Å²) in [6.45, 7) is 2.37. The van der Waals surface area contributed by atoms with Gasteiger partial charge in [-0.2, -0.15) is 0 Å².